The second-order valence-electron chi connectivity index (χ2n) is 3.18. The van der Waals surface area contributed by atoms with Crippen LogP contribution in [0.25, 0.3) is 0 Å². The number of nitrogens with zero attached hydrogens (tertiary/aromatic N) is 2. The summed E-state index contributed by atoms with van der Waals surface area (Å²) in [7, 11) is 0. The highest BCUT2D eigenvalue weighted by Gasteiger charge is 2.28. The summed E-state index contributed by atoms with van der Waals surface area (Å²) in [5.41, 5.74) is 5.51. The van der Waals surface area contributed by atoms with Gasteiger partial charge in [-0.2, -0.15) is 0 Å². The molecular formula is C8H15IN4. The molecule has 5 N–H and O–H groups in total. The summed E-state index contributed by atoms with van der Waals surface area (Å²) in [4.78, 5) is 4.49. The Bertz CT molecular complexity index is 280. The summed E-state index contributed by atoms with van der Waals surface area (Å²) in [6.07, 6.45) is 4.69. The van der Waals surface area contributed by atoms with Crippen LogP contribution in [-0.2, 0) is 6.54 Å². The fourth-order valence-corrected chi connectivity index (χ4v) is 1.97. The number of hydrogen-bond acceptors (Lipinski definition) is 3. The van der Waals surface area contributed by atoms with Gasteiger partial charge in [-0.3, -0.25) is 0 Å². The molecule has 0 saturated heterocycles. The molecule has 1 fully saturated rings. The van der Waals surface area contributed by atoms with Gasteiger partial charge in [0, 0.05) is 25.2 Å². The zero-order valence-corrected chi connectivity index (χ0v) is 9.70. The van der Waals surface area contributed by atoms with Crippen LogP contribution in [0.3, 0.4) is 0 Å². The Morgan fingerprint density at radius 2 is 2.31 bits per heavy atom. The lowest BCUT2D eigenvalue weighted by molar-refractivity contribution is 0.662. The first-order valence-corrected chi connectivity index (χ1v) is 5.32. The second kappa shape index (κ2) is 4.39. The van der Waals surface area contributed by atoms with Gasteiger partial charge >= 0.3 is 0 Å². The molecule has 5 heteroatoms. The molecule has 0 bridgehead atoms. The fourth-order valence-electron chi connectivity index (χ4n) is 1.38. The Balaban J connectivity index is 0.000000845. The summed E-state index contributed by atoms with van der Waals surface area (Å²) in [5.74, 6) is 1.96. The highest BCUT2D eigenvalue weighted by atomic mass is 127. The topological polar surface area (TPSA) is 78.8 Å². The summed E-state index contributed by atoms with van der Waals surface area (Å²) >= 11 is 2.25. The van der Waals surface area contributed by atoms with E-state index in [1.54, 1.807) is 0 Å². The number of hydrogen-bond donors (Lipinski definition) is 2. The molecule has 1 aliphatic carbocycles. The van der Waals surface area contributed by atoms with Gasteiger partial charge in [-0.15, -0.1) is 0 Å². The molecule has 2 rings (SSSR count). The Kier molecular flexibility index (Phi) is 3.69. The normalized spacial score (nSPS) is 15.5. The molecule has 74 valence electrons. The minimum atomic E-state index is 0. The van der Waals surface area contributed by atoms with Crippen LogP contribution < -0.4 is 11.9 Å². The third-order valence-electron chi connectivity index (χ3n) is 2.09. The molecule has 1 saturated carbocycles. The molecule has 0 spiro atoms. The van der Waals surface area contributed by atoms with E-state index in [9.17, 15) is 0 Å². The summed E-state index contributed by atoms with van der Waals surface area (Å²) < 4.78 is 3.28. The molecule has 13 heavy (non-hydrogen) atoms. The maximum atomic E-state index is 5.51. The van der Waals surface area contributed by atoms with E-state index in [1.807, 2.05) is 0 Å². The lowest BCUT2D eigenvalue weighted by atomic mass is 10.4. The van der Waals surface area contributed by atoms with Gasteiger partial charge in [-0.1, -0.05) is 0 Å². The maximum absolute atomic E-state index is 5.51. The minimum absolute atomic E-state index is 0. The number of aromatic nitrogens is 2. The van der Waals surface area contributed by atoms with Crippen LogP contribution in [0.5, 0.6) is 0 Å². The summed E-state index contributed by atoms with van der Waals surface area (Å²) in [6, 6.07) is 0. The predicted molar refractivity (Wildman–Crippen MR) is 61.0 cm³/mol. The number of rotatable bonds is 3. The highest BCUT2D eigenvalue weighted by molar-refractivity contribution is 14.1. The summed E-state index contributed by atoms with van der Waals surface area (Å²) in [5, 5.41) is 0. The van der Waals surface area contributed by atoms with E-state index in [1.165, 1.54) is 18.7 Å². The first-order chi connectivity index (χ1) is 5.81. The molecule has 0 radical (unpaired) electrons. The van der Waals surface area contributed by atoms with Gasteiger partial charge < -0.3 is 16.5 Å². The van der Waals surface area contributed by atoms with Crippen molar-refractivity contribution in [2.75, 3.05) is 6.54 Å². The lowest BCUT2D eigenvalue weighted by Gasteiger charge is -2.03. The van der Waals surface area contributed by atoms with Crippen molar-refractivity contribution in [2.45, 2.75) is 25.3 Å². The molecule has 0 unspecified atom stereocenters. The molecule has 0 amide bonds. The van der Waals surface area contributed by atoms with Crippen molar-refractivity contribution in [3.8, 4) is 0 Å². The number of imidazole rings is 1. The quantitative estimate of drug-likeness (QED) is 0.829. The van der Waals surface area contributed by atoms with Gasteiger partial charge in [0.25, 0.3) is 0 Å². The smallest absolute Gasteiger partial charge is 0.119 e. The molecule has 1 heterocycles. The van der Waals surface area contributed by atoms with E-state index in [-0.39, 0.29) is 6.15 Å². The van der Waals surface area contributed by atoms with E-state index >= 15 is 0 Å². The van der Waals surface area contributed by atoms with E-state index in [4.69, 9.17) is 5.73 Å². The van der Waals surface area contributed by atoms with Crippen molar-refractivity contribution in [1.82, 2.24) is 15.7 Å². The molecule has 0 atom stereocenters. The summed E-state index contributed by atoms with van der Waals surface area (Å²) in [6.45, 7) is 1.61. The minimum Gasteiger partial charge on any atom is -0.344 e. The molecule has 4 nitrogen and oxygen atoms in total. The van der Waals surface area contributed by atoms with Crippen LogP contribution >= 0.6 is 22.6 Å². The molecular weight excluding hydrogens is 279 g/mol. The third-order valence-corrected chi connectivity index (χ3v) is 2.61. The standard InChI is InChI=1S/C8H12IN3.H3N/c9-7-5-12(4-3-10)8(11-7)6-1-2-6;/h5-6H,1-4,10H2;1H3. The average molecular weight is 294 g/mol. The number of nitrogens with two attached hydrogens (primary N) is 1. The highest BCUT2D eigenvalue weighted by Crippen LogP contribution is 2.39. The van der Waals surface area contributed by atoms with Gasteiger partial charge in [0.1, 0.15) is 9.53 Å². The molecule has 1 aromatic heterocycles. The Morgan fingerprint density at radius 1 is 1.62 bits per heavy atom. The lowest BCUT2D eigenvalue weighted by Crippen LogP contribution is -2.11. The maximum Gasteiger partial charge on any atom is 0.119 e. The Hall–Kier alpha value is -0.140. The van der Waals surface area contributed by atoms with Crippen LogP contribution in [0.4, 0.5) is 0 Å². The Labute approximate surface area is 91.6 Å². The van der Waals surface area contributed by atoms with Crippen LogP contribution in [0, 0.1) is 3.70 Å². The molecule has 0 aromatic carbocycles. The van der Waals surface area contributed by atoms with Gasteiger partial charge in [0.05, 0.1) is 0 Å². The van der Waals surface area contributed by atoms with Crippen molar-refractivity contribution in [1.29, 1.82) is 0 Å². The van der Waals surface area contributed by atoms with Crippen LogP contribution in [0.1, 0.15) is 24.6 Å². The van der Waals surface area contributed by atoms with E-state index in [0.717, 1.165) is 16.2 Å². The first kappa shape index (κ1) is 10.9. The van der Waals surface area contributed by atoms with Crippen molar-refractivity contribution in [3.05, 3.63) is 15.7 Å². The van der Waals surface area contributed by atoms with Crippen LogP contribution in [0.2, 0.25) is 0 Å². The molecule has 0 aliphatic heterocycles. The van der Waals surface area contributed by atoms with Crippen LogP contribution in [-0.4, -0.2) is 16.1 Å². The Morgan fingerprint density at radius 3 is 2.85 bits per heavy atom. The number of halogens is 1. The zero-order valence-electron chi connectivity index (χ0n) is 7.54. The molecule has 1 aliphatic rings. The zero-order chi connectivity index (χ0) is 8.55. The van der Waals surface area contributed by atoms with E-state index in [2.05, 4.69) is 38.3 Å². The van der Waals surface area contributed by atoms with Gasteiger partial charge in [0.2, 0.25) is 0 Å². The second-order valence-corrected chi connectivity index (χ2v) is 4.28. The van der Waals surface area contributed by atoms with Crippen molar-refractivity contribution < 1.29 is 0 Å². The average Bonchev–Trinajstić information content (AvgIpc) is 2.79. The fraction of sp³-hybridized carbons (Fsp3) is 0.625. The largest absolute Gasteiger partial charge is 0.344 e. The van der Waals surface area contributed by atoms with Gasteiger partial charge in [-0.25, -0.2) is 4.98 Å². The third kappa shape index (κ3) is 2.41. The SMILES string of the molecule is N.NCCn1cc(I)nc1C1CC1. The van der Waals surface area contributed by atoms with Crippen molar-refractivity contribution in [3.63, 3.8) is 0 Å². The molecule has 1 aromatic rings. The first-order valence-electron chi connectivity index (χ1n) is 4.24. The van der Waals surface area contributed by atoms with E-state index in [0.29, 0.717) is 6.54 Å². The van der Waals surface area contributed by atoms with Gasteiger partial charge in [0.15, 0.2) is 0 Å². The van der Waals surface area contributed by atoms with E-state index < -0.39 is 0 Å². The monoisotopic (exact) mass is 294 g/mol. The van der Waals surface area contributed by atoms with Crippen molar-refractivity contribution in [2.24, 2.45) is 5.73 Å². The predicted octanol–water partition coefficient (Wildman–Crippen LogP) is 1.49. The van der Waals surface area contributed by atoms with Gasteiger partial charge in [-0.05, 0) is 35.4 Å². The van der Waals surface area contributed by atoms with Crippen molar-refractivity contribution >= 4 is 22.6 Å². The van der Waals surface area contributed by atoms with Crippen LogP contribution in [0.15, 0.2) is 6.20 Å².